The Balaban J connectivity index is 0. The highest BCUT2D eigenvalue weighted by atomic mass is 79.9. The Labute approximate surface area is 31.0 Å². The zero-order chi connectivity index (χ0) is 2.71. The molecule has 0 saturated heterocycles. The Hall–Kier alpha value is 0.360. The molecule has 0 bridgehead atoms. The minimum Gasteiger partial charge on any atom is -0.585 e. The minimum atomic E-state index is -1.44. The summed E-state index contributed by atoms with van der Waals surface area (Å²) in [6.07, 6.45) is 0. The molecule has 3 nitrogen and oxygen atoms in total. The second-order valence-electron chi connectivity index (χ2n) is 0.0630. The normalized spacial score (nSPS) is 4.50. The van der Waals surface area contributed by atoms with Crippen molar-refractivity contribution >= 4 is 0 Å². The molecule has 0 amide bonds. The van der Waals surface area contributed by atoms with Crippen LogP contribution in [0.1, 0.15) is 0 Å². The monoisotopic (exact) mass is 129 g/mol. The van der Waals surface area contributed by atoms with Gasteiger partial charge in [0.2, 0.25) is 0 Å². The summed E-state index contributed by atoms with van der Waals surface area (Å²) in [5.41, 5.74) is 0. The maximum Gasteiger partial charge on any atom is 0.170 e. The van der Waals surface area contributed by atoms with Crippen LogP contribution in [0.4, 0.5) is 0 Å². The Morgan fingerprint density at radius 3 is 1.25 bits per heavy atom. The number of quaternary nitrogens is 1. The van der Waals surface area contributed by atoms with Gasteiger partial charge >= 0.3 is 0 Å². The van der Waals surface area contributed by atoms with Crippen LogP contribution in [0.5, 0.6) is 0 Å². The molecule has 0 aromatic heterocycles. The summed E-state index contributed by atoms with van der Waals surface area (Å²) in [6, 6.07) is 0. The summed E-state index contributed by atoms with van der Waals surface area (Å²) in [5, 5.41) is 0. The first-order chi connectivity index (χ1) is 1.41. The lowest BCUT2D eigenvalue weighted by Gasteiger charge is -1.67. The molecule has 0 aliphatic carbocycles. The maximum absolute atomic E-state index is 8.41. The van der Waals surface area contributed by atoms with E-state index in [0.717, 1.165) is 0 Å². The molecule has 4 heteroatoms. The standard InChI is InChI=1S/BrO2.H3N/c2-1-3;/h;1H3/q-1;/p+1. The van der Waals surface area contributed by atoms with Gasteiger partial charge in [0, 0.05) is 0 Å². The molecule has 0 heterocycles. The fraction of sp³-hybridized carbons (Fsp3) is 0. The van der Waals surface area contributed by atoms with Gasteiger partial charge in [-0.15, -0.1) is 0 Å². The zero-order valence-corrected chi connectivity index (χ0v) is 3.78. The first-order valence-corrected chi connectivity index (χ1v) is 1.60. The average molecular weight is 130 g/mol. The molecule has 0 aromatic rings. The van der Waals surface area contributed by atoms with Crippen molar-refractivity contribution in [2.24, 2.45) is 0 Å². The van der Waals surface area contributed by atoms with Crippen LogP contribution >= 0.6 is 0 Å². The first kappa shape index (κ1) is 8.84. The Morgan fingerprint density at radius 1 is 1.25 bits per heavy atom. The Bertz CT molecular complexity index is 6.00. The predicted octanol–water partition coefficient (Wildman–Crippen LogP) is -2.00. The summed E-state index contributed by atoms with van der Waals surface area (Å²) in [5.74, 6) is 0. The lowest BCUT2D eigenvalue weighted by atomic mass is 14.0. The third-order valence-corrected chi connectivity index (χ3v) is 0. The fourth-order valence-electron chi connectivity index (χ4n) is 0. The molecule has 0 unspecified atom stereocenters. The van der Waals surface area contributed by atoms with Gasteiger partial charge in [0.15, 0.2) is 15.5 Å². The van der Waals surface area contributed by atoms with Gasteiger partial charge in [-0.05, 0) is 0 Å². The van der Waals surface area contributed by atoms with Crippen LogP contribution < -0.4 is 14.5 Å². The van der Waals surface area contributed by atoms with Gasteiger partial charge in [-0.3, -0.25) is 0 Å². The number of halogens is 1. The van der Waals surface area contributed by atoms with Crippen molar-refractivity contribution in [1.29, 1.82) is 0 Å². The van der Waals surface area contributed by atoms with Gasteiger partial charge in [0.1, 0.15) is 0 Å². The third kappa shape index (κ3) is 33.7. The quantitative estimate of drug-likeness (QED) is 0.411. The van der Waals surface area contributed by atoms with Gasteiger partial charge in [-0.1, -0.05) is 0 Å². The molecule has 4 heavy (non-hydrogen) atoms. The predicted molar refractivity (Wildman–Crippen MR) is 5.98 cm³/mol. The van der Waals surface area contributed by atoms with Crippen LogP contribution in [0, 0.1) is 15.5 Å². The van der Waals surface area contributed by atoms with Crippen molar-refractivity contribution in [2.45, 2.75) is 0 Å². The Morgan fingerprint density at radius 2 is 1.25 bits per heavy atom. The highest BCUT2D eigenvalue weighted by Gasteiger charge is 1.26. The SMILES string of the molecule is [NH4+].[O-][Br+][O-]. The van der Waals surface area contributed by atoms with Crippen LogP contribution in [-0.2, 0) is 0 Å². The summed E-state index contributed by atoms with van der Waals surface area (Å²) < 4.78 is 16.8. The average Bonchev–Trinajstić information content (AvgIpc) is 0.918. The van der Waals surface area contributed by atoms with E-state index in [-0.39, 0.29) is 6.15 Å². The molecular formula is H4BrNO2. The van der Waals surface area contributed by atoms with Gasteiger partial charge in [0.25, 0.3) is 0 Å². The lowest BCUT2D eigenvalue weighted by Crippen LogP contribution is -2.13. The number of rotatable bonds is 0. The van der Waals surface area contributed by atoms with Crippen molar-refractivity contribution in [3.63, 3.8) is 0 Å². The van der Waals surface area contributed by atoms with Crippen LogP contribution in [0.3, 0.4) is 0 Å². The summed E-state index contributed by atoms with van der Waals surface area (Å²) in [6.45, 7) is 0. The molecule has 0 aliphatic rings. The van der Waals surface area contributed by atoms with Gasteiger partial charge in [-0.2, -0.15) is 0 Å². The molecule has 0 spiro atoms. The van der Waals surface area contributed by atoms with Crippen LogP contribution in [0.25, 0.3) is 0 Å². The Kier molecular flexibility index (Phi) is 22.4. The maximum atomic E-state index is 8.41. The molecule has 0 rings (SSSR count). The van der Waals surface area contributed by atoms with Crippen molar-refractivity contribution in [2.75, 3.05) is 0 Å². The highest BCUT2D eigenvalue weighted by molar-refractivity contribution is 2.13. The van der Waals surface area contributed by atoms with Crippen LogP contribution in [-0.4, -0.2) is 0 Å². The van der Waals surface area contributed by atoms with Crippen molar-refractivity contribution in [3.8, 4) is 0 Å². The summed E-state index contributed by atoms with van der Waals surface area (Å²) in [7, 11) is 0. The van der Waals surface area contributed by atoms with E-state index >= 15 is 0 Å². The van der Waals surface area contributed by atoms with E-state index in [1.54, 1.807) is 0 Å². The van der Waals surface area contributed by atoms with E-state index in [2.05, 4.69) is 0 Å². The van der Waals surface area contributed by atoms with Crippen LogP contribution in [0.2, 0.25) is 0 Å². The molecule has 0 aromatic carbocycles. The second kappa shape index (κ2) is 10.1. The van der Waals surface area contributed by atoms with E-state index in [1.807, 2.05) is 0 Å². The summed E-state index contributed by atoms with van der Waals surface area (Å²) in [4.78, 5) is 0. The van der Waals surface area contributed by atoms with Crippen molar-refractivity contribution < 1.29 is 23.9 Å². The van der Waals surface area contributed by atoms with Gasteiger partial charge < -0.3 is 14.5 Å². The van der Waals surface area contributed by atoms with E-state index in [9.17, 15) is 0 Å². The molecule has 0 aliphatic heterocycles. The molecule has 0 saturated carbocycles. The molecule has 0 atom stereocenters. The van der Waals surface area contributed by atoms with Crippen molar-refractivity contribution in [3.05, 3.63) is 0 Å². The summed E-state index contributed by atoms with van der Waals surface area (Å²) >= 11 is -1.44. The van der Waals surface area contributed by atoms with E-state index < -0.39 is 15.5 Å². The first-order valence-electron chi connectivity index (χ1n) is 0.309. The van der Waals surface area contributed by atoms with E-state index in [0.29, 0.717) is 0 Å². The lowest BCUT2D eigenvalue weighted by molar-refractivity contribution is -1.41. The van der Waals surface area contributed by atoms with Crippen molar-refractivity contribution in [1.82, 2.24) is 6.15 Å². The highest BCUT2D eigenvalue weighted by Crippen LogP contribution is 0.940. The minimum absolute atomic E-state index is 0. The largest absolute Gasteiger partial charge is 0.585 e. The fourth-order valence-corrected chi connectivity index (χ4v) is 0. The van der Waals surface area contributed by atoms with Gasteiger partial charge in [0.05, 0.1) is 0 Å². The smallest absolute Gasteiger partial charge is 0.170 e. The molecule has 4 N–H and O–H groups in total. The van der Waals surface area contributed by atoms with Crippen LogP contribution in [0.15, 0.2) is 0 Å². The third-order valence-electron chi connectivity index (χ3n) is 0. The van der Waals surface area contributed by atoms with Gasteiger partial charge in [-0.25, -0.2) is 0 Å². The topological polar surface area (TPSA) is 82.6 Å². The van der Waals surface area contributed by atoms with E-state index in [4.69, 9.17) is 8.40 Å². The molecule has 0 radical (unpaired) electrons. The number of hydrogen-bond donors (Lipinski definition) is 1. The zero-order valence-electron chi connectivity index (χ0n) is 2.19. The molecular weight excluding hydrogens is 126 g/mol. The second-order valence-corrected chi connectivity index (χ2v) is 0.327. The molecule has 28 valence electrons. The number of hydrogen-bond acceptors (Lipinski definition) is 2. The molecule has 0 fully saturated rings. The van der Waals surface area contributed by atoms with E-state index in [1.165, 1.54) is 0 Å².